The first-order valence-electron chi connectivity index (χ1n) is 10.2. The Hall–Kier alpha value is -2.43. The molecule has 0 atom stereocenters. The molecule has 0 aromatic heterocycles. The zero-order valence-corrected chi connectivity index (χ0v) is 16.3. The van der Waals surface area contributed by atoms with Gasteiger partial charge in [-0.05, 0) is 67.9 Å². The molecule has 1 aromatic carbocycles. The third kappa shape index (κ3) is 3.89. The van der Waals surface area contributed by atoms with Gasteiger partial charge in [0, 0.05) is 12.3 Å². The van der Waals surface area contributed by atoms with Crippen LogP contribution in [0.2, 0.25) is 0 Å². The summed E-state index contributed by atoms with van der Waals surface area (Å²) in [4.78, 5) is 37.1. The Morgan fingerprint density at radius 3 is 2.14 bits per heavy atom. The standard InChI is InChI=1S/C23H27NO4/c1-15(25)24-20(10-16-5-3-2-4-6-16)22(27)28-14-21(26)23-11-17-7-18(12-23)9-19(8-17)13-23/h2-6,10,17-19H,7-9,11-14H2,1H3,(H,24,25)/b20-10-. The molecule has 0 spiro atoms. The normalized spacial score (nSPS) is 30.8. The van der Waals surface area contributed by atoms with Crippen LogP contribution in [-0.4, -0.2) is 24.3 Å². The number of ether oxygens (including phenoxy) is 1. The first-order valence-corrected chi connectivity index (χ1v) is 10.2. The minimum atomic E-state index is -0.669. The molecular weight excluding hydrogens is 354 g/mol. The molecule has 1 aromatic rings. The highest BCUT2D eigenvalue weighted by Crippen LogP contribution is 2.60. The molecule has 4 aliphatic carbocycles. The molecule has 28 heavy (non-hydrogen) atoms. The van der Waals surface area contributed by atoms with Crippen molar-refractivity contribution in [2.45, 2.75) is 45.4 Å². The Morgan fingerprint density at radius 2 is 1.61 bits per heavy atom. The van der Waals surface area contributed by atoms with Gasteiger partial charge < -0.3 is 10.1 Å². The zero-order chi connectivity index (χ0) is 19.7. The van der Waals surface area contributed by atoms with E-state index < -0.39 is 5.97 Å². The van der Waals surface area contributed by atoms with Gasteiger partial charge in [0.15, 0.2) is 12.4 Å². The molecule has 0 unspecified atom stereocenters. The predicted molar refractivity (Wildman–Crippen MR) is 105 cm³/mol. The lowest BCUT2D eigenvalue weighted by Crippen LogP contribution is -2.51. The van der Waals surface area contributed by atoms with Crippen molar-refractivity contribution in [2.24, 2.45) is 23.2 Å². The number of rotatable bonds is 6. The molecule has 5 rings (SSSR count). The molecule has 4 saturated carbocycles. The van der Waals surface area contributed by atoms with Gasteiger partial charge in [0.25, 0.3) is 0 Å². The van der Waals surface area contributed by atoms with E-state index in [9.17, 15) is 14.4 Å². The van der Waals surface area contributed by atoms with Gasteiger partial charge in [0.05, 0.1) is 0 Å². The summed E-state index contributed by atoms with van der Waals surface area (Å²) < 4.78 is 5.36. The van der Waals surface area contributed by atoms with E-state index in [1.165, 1.54) is 26.2 Å². The molecule has 0 aliphatic heterocycles. The smallest absolute Gasteiger partial charge is 0.355 e. The summed E-state index contributed by atoms with van der Waals surface area (Å²) in [7, 11) is 0. The van der Waals surface area contributed by atoms with Crippen LogP contribution in [0.1, 0.15) is 51.0 Å². The highest BCUT2D eigenvalue weighted by molar-refractivity contribution is 5.99. The van der Waals surface area contributed by atoms with Crippen LogP contribution in [0.25, 0.3) is 6.08 Å². The Bertz CT molecular complexity index is 776. The summed E-state index contributed by atoms with van der Waals surface area (Å²) in [5.41, 5.74) is 0.541. The fraction of sp³-hybridized carbons (Fsp3) is 0.522. The Labute approximate surface area is 165 Å². The van der Waals surface area contributed by atoms with Crippen LogP contribution in [0.3, 0.4) is 0 Å². The predicted octanol–water partition coefficient (Wildman–Crippen LogP) is 3.49. The molecular formula is C23H27NO4. The van der Waals surface area contributed by atoms with Crippen molar-refractivity contribution in [1.82, 2.24) is 5.32 Å². The maximum atomic E-state index is 13.0. The molecule has 5 nitrogen and oxygen atoms in total. The van der Waals surface area contributed by atoms with Gasteiger partial charge in [0.1, 0.15) is 5.70 Å². The second-order valence-corrected chi connectivity index (χ2v) is 8.85. The first kappa shape index (κ1) is 18.9. The van der Waals surface area contributed by atoms with Gasteiger partial charge in [-0.1, -0.05) is 30.3 Å². The summed E-state index contributed by atoms with van der Waals surface area (Å²) >= 11 is 0. The minimum absolute atomic E-state index is 0.0528. The molecule has 4 fully saturated rings. The van der Waals surface area contributed by atoms with E-state index in [0.717, 1.165) is 24.8 Å². The zero-order valence-electron chi connectivity index (χ0n) is 16.3. The first-order chi connectivity index (χ1) is 13.4. The van der Waals surface area contributed by atoms with Crippen molar-refractivity contribution in [3.05, 3.63) is 41.6 Å². The van der Waals surface area contributed by atoms with Gasteiger partial charge in [-0.15, -0.1) is 0 Å². The average molecular weight is 381 g/mol. The maximum Gasteiger partial charge on any atom is 0.355 e. The van der Waals surface area contributed by atoms with Crippen molar-refractivity contribution < 1.29 is 19.1 Å². The number of Topliss-reactive ketones (excluding diaryl/α,β-unsaturated/α-hetero) is 1. The van der Waals surface area contributed by atoms with Gasteiger partial charge in [0.2, 0.25) is 5.91 Å². The monoisotopic (exact) mass is 381 g/mol. The number of ketones is 1. The summed E-state index contributed by atoms with van der Waals surface area (Å²) in [6.45, 7) is 1.13. The van der Waals surface area contributed by atoms with Crippen LogP contribution in [0.15, 0.2) is 36.0 Å². The van der Waals surface area contributed by atoms with Crippen molar-refractivity contribution in [2.75, 3.05) is 6.61 Å². The number of amides is 1. The number of benzene rings is 1. The van der Waals surface area contributed by atoms with Crippen molar-refractivity contribution in [1.29, 1.82) is 0 Å². The second-order valence-electron chi connectivity index (χ2n) is 8.85. The van der Waals surface area contributed by atoms with Gasteiger partial charge in [-0.2, -0.15) is 0 Å². The summed E-state index contributed by atoms with van der Waals surface area (Å²) in [6, 6.07) is 9.22. The lowest BCUT2D eigenvalue weighted by molar-refractivity contribution is -0.155. The number of esters is 1. The number of hydrogen-bond acceptors (Lipinski definition) is 4. The van der Waals surface area contributed by atoms with E-state index in [1.54, 1.807) is 6.08 Å². The number of nitrogens with one attached hydrogen (secondary N) is 1. The van der Waals surface area contributed by atoms with E-state index in [2.05, 4.69) is 5.32 Å². The number of carbonyl (C=O) groups is 3. The van der Waals surface area contributed by atoms with E-state index in [-0.39, 0.29) is 29.4 Å². The average Bonchev–Trinajstić information content (AvgIpc) is 2.64. The van der Waals surface area contributed by atoms with E-state index in [0.29, 0.717) is 17.8 Å². The summed E-state index contributed by atoms with van der Waals surface area (Å²) in [5, 5.41) is 2.52. The summed E-state index contributed by atoms with van der Waals surface area (Å²) in [5.74, 6) is 1.03. The lowest BCUT2D eigenvalue weighted by atomic mass is 9.48. The Kier molecular flexibility index (Phi) is 5.09. The van der Waals surface area contributed by atoms with E-state index in [4.69, 9.17) is 4.74 Å². The van der Waals surface area contributed by atoms with Crippen molar-refractivity contribution in [3.8, 4) is 0 Å². The quantitative estimate of drug-likeness (QED) is 0.605. The highest BCUT2D eigenvalue weighted by Gasteiger charge is 2.54. The SMILES string of the molecule is CC(=O)N/C(=C\c1ccccc1)C(=O)OCC(=O)C12CC3CC(CC(C3)C1)C2. The van der Waals surface area contributed by atoms with Crippen molar-refractivity contribution >= 4 is 23.7 Å². The molecule has 1 amide bonds. The minimum Gasteiger partial charge on any atom is -0.453 e. The van der Waals surface area contributed by atoms with Gasteiger partial charge in [-0.3, -0.25) is 9.59 Å². The van der Waals surface area contributed by atoms with Crippen LogP contribution in [0.4, 0.5) is 0 Å². The van der Waals surface area contributed by atoms with Gasteiger partial charge in [-0.25, -0.2) is 4.79 Å². The molecule has 0 saturated heterocycles. The Balaban J connectivity index is 1.43. The molecule has 5 heteroatoms. The van der Waals surface area contributed by atoms with Crippen LogP contribution in [-0.2, 0) is 19.1 Å². The van der Waals surface area contributed by atoms with Crippen LogP contribution in [0.5, 0.6) is 0 Å². The lowest BCUT2D eigenvalue weighted by Gasteiger charge is -2.55. The van der Waals surface area contributed by atoms with Gasteiger partial charge >= 0.3 is 5.97 Å². The fourth-order valence-corrected chi connectivity index (χ4v) is 5.87. The third-order valence-corrected chi connectivity index (χ3v) is 6.61. The molecule has 148 valence electrons. The maximum absolute atomic E-state index is 13.0. The fourth-order valence-electron chi connectivity index (χ4n) is 5.87. The van der Waals surface area contributed by atoms with Crippen LogP contribution < -0.4 is 5.32 Å². The molecule has 0 heterocycles. The topological polar surface area (TPSA) is 72.5 Å². The van der Waals surface area contributed by atoms with E-state index in [1.807, 2.05) is 30.3 Å². The Morgan fingerprint density at radius 1 is 1.04 bits per heavy atom. The van der Waals surface area contributed by atoms with E-state index >= 15 is 0 Å². The number of hydrogen-bond donors (Lipinski definition) is 1. The molecule has 4 aliphatic rings. The van der Waals surface area contributed by atoms with Crippen LogP contribution in [0, 0.1) is 23.2 Å². The van der Waals surface area contributed by atoms with Crippen molar-refractivity contribution in [3.63, 3.8) is 0 Å². The molecule has 0 radical (unpaired) electrons. The highest BCUT2D eigenvalue weighted by atomic mass is 16.5. The van der Waals surface area contributed by atoms with Crippen LogP contribution >= 0.6 is 0 Å². The molecule has 4 bridgehead atoms. The largest absolute Gasteiger partial charge is 0.453 e. The summed E-state index contributed by atoms with van der Waals surface area (Å²) in [6.07, 6.45) is 8.21. The molecule has 1 N–H and O–H groups in total. The number of carbonyl (C=O) groups excluding carboxylic acids is 3. The third-order valence-electron chi connectivity index (χ3n) is 6.61. The second kappa shape index (κ2) is 7.53.